The number of halogens is 1. The van der Waals surface area contributed by atoms with Crippen molar-refractivity contribution >= 4 is 35.0 Å². The largest absolute Gasteiger partial charge is 0.467 e. The summed E-state index contributed by atoms with van der Waals surface area (Å²) in [5.74, 6) is 1.84. The smallest absolute Gasteiger partial charge is 0.234 e. The van der Waals surface area contributed by atoms with Gasteiger partial charge < -0.3 is 14.8 Å². The van der Waals surface area contributed by atoms with Crippen LogP contribution in [-0.2, 0) is 28.3 Å². The number of fused-ring (bicyclic) bond motifs is 1. The van der Waals surface area contributed by atoms with Crippen molar-refractivity contribution in [1.29, 1.82) is 0 Å². The number of nitrogens with one attached hydrogen (secondary N) is 1. The molecule has 2 aromatic carbocycles. The summed E-state index contributed by atoms with van der Waals surface area (Å²) < 4.78 is 10.9. The zero-order valence-electron chi connectivity index (χ0n) is 14.0. The molecule has 0 radical (unpaired) electrons. The molecule has 2 aromatic rings. The molecule has 0 fully saturated rings. The SMILES string of the molecule is CCc1ccc(NC(=O)CSCc2cc(Cl)cc3c2OCOC3)cc1. The first-order chi connectivity index (χ1) is 12.2. The van der Waals surface area contributed by atoms with Crippen molar-refractivity contribution in [3.8, 4) is 5.75 Å². The molecule has 0 atom stereocenters. The van der Waals surface area contributed by atoms with Crippen molar-refractivity contribution in [2.75, 3.05) is 17.9 Å². The fraction of sp³-hybridized carbons (Fsp3) is 0.316. The normalized spacial score (nSPS) is 13.0. The fourth-order valence-corrected chi connectivity index (χ4v) is 3.70. The van der Waals surface area contributed by atoms with Crippen LogP contribution in [0.25, 0.3) is 0 Å². The minimum atomic E-state index is -0.0191. The highest BCUT2D eigenvalue weighted by Gasteiger charge is 2.16. The quantitative estimate of drug-likeness (QED) is 0.796. The maximum atomic E-state index is 12.1. The van der Waals surface area contributed by atoms with Gasteiger partial charge in [-0.3, -0.25) is 4.79 Å². The molecule has 0 saturated heterocycles. The molecule has 1 amide bonds. The fourth-order valence-electron chi connectivity index (χ4n) is 2.64. The van der Waals surface area contributed by atoms with Crippen molar-refractivity contribution in [3.05, 3.63) is 58.1 Å². The van der Waals surface area contributed by atoms with Crippen molar-refractivity contribution in [2.45, 2.75) is 25.7 Å². The first kappa shape index (κ1) is 18.1. The highest BCUT2D eigenvalue weighted by atomic mass is 35.5. The second kappa shape index (κ2) is 8.61. The second-order valence-electron chi connectivity index (χ2n) is 5.76. The predicted molar refractivity (Wildman–Crippen MR) is 102 cm³/mol. The maximum absolute atomic E-state index is 12.1. The van der Waals surface area contributed by atoms with Crippen molar-refractivity contribution in [1.82, 2.24) is 0 Å². The molecule has 0 bridgehead atoms. The van der Waals surface area contributed by atoms with Gasteiger partial charge in [-0.1, -0.05) is 30.7 Å². The number of amides is 1. The van der Waals surface area contributed by atoms with Crippen LogP contribution in [-0.4, -0.2) is 18.5 Å². The molecule has 6 heteroatoms. The van der Waals surface area contributed by atoms with E-state index in [-0.39, 0.29) is 12.7 Å². The topological polar surface area (TPSA) is 47.6 Å². The van der Waals surface area contributed by atoms with Gasteiger partial charge in [-0.05, 0) is 36.2 Å². The number of thioether (sulfide) groups is 1. The summed E-state index contributed by atoms with van der Waals surface area (Å²) in [6.45, 7) is 2.86. The molecule has 0 spiro atoms. The standard InChI is InChI=1S/C19H20ClNO3S/c1-2-13-3-5-17(6-4-13)21-18(22)11-25-10-15-8-16(20)7-14-9-23-12-24-19(14)15/h3-8H,2,9-12H2,1H3,(H,21,22). The van der Waals surface area contributed by atoms with Gasteiger partial charge in [-0.25, -0.2) is 0 Å². The lowest BCUT2D eigenvalue weighted by Crippen LogP contribution is -2.15. The van der Waals surface area contributed by atoms with Crippen LogP contribution in [0, 0.1) is 0 Å². The van der Waals surface area contributed by atoms with E-state index in [4.69, 9.17) is 21.1 Å². The summed E-state index contributed by atoms with van der Waals surface area (Å²) in [4.78, 5) is 12.1. The van der Waals surface area contributed by atoms with E-state index in [0.29, 0.717) is 23.1 Å². The van der Waals surface area contributed by atoms with Crippen molar-refractivity contribution in [3.63, 3.8) is 0 Å². The Morgan fingerprint density at radius 3 is 2.84 bits per heavy atom. The van der Waals surface area contributed by atoms with Gasteiger partial charge in [-0.2, -0.15) is 0 Å². The van der Waals surface area contributed by atoms with Crippen LogP contribution in [0.4, 0.5) is 5.69 Å². The molecule has 0 saturated carbocycles. The minimum Gasteiger partial charge on any atom is -0.467 e. The van der Waals surface area contributed by atoms with Gasteiger partial charge >= 0.3 is 0 Å². The van der Waals surface area contributed by atoms with E-state index in [1.54, 1.807) is 0 Å². The number of benzene rings is 2. The second-order valence-corrected chi connectivity index (χ2v) is 7.18. The molecule has 3 rings (SSSR count). The number of carbonyl (C=O) groups is 1. The first-order valence-corrected chi connectivity index (χ1v) is 9.67. The molecule has 1 heterocycles. The predicted octanol–water partition coefficient (Wildman–Crippen LogP) is 4.64. The van der Waals surface area contributed by atoms with Gasteiger partial charge in [0.15, 0.2) is 6.79 Å². The first-order valence-electron chi connectivity index (χ1n) is 8.14. The number of aryl methyl sites for hydroxylation is 1. The molecule has 1 N–H and O–H groups in total. The molecule has 4 nitrogen and oxygen atoms in total. The lowest BCUT2D eigenvalue weighted by atomic mass is 10.1. The van der Waals surface area contributed by atoms with Gasteiger partial charge in [0, 0.05) is 27.6 Å². The Balaban J connectivity index is 1.54. The Kier molecular flexibility index (Phi) is 6.24. The van der Waals surface area contributed by atoms with E-state index < -0.39 is 0 Å². The number of carbonyl (C=O) groups excluding carboxylic acids is 1. The molecule has 0 unspecified atom stereocenters. The van der Waals surface area contributed by atoms with Gasteiger partial charge in [0.05, 0.1) is 12.4 Å². The van der Waals surface area contributed by atoms with Crippen molar-refractivity contribution in [2.24, 2.45) is 0 Å². The number of anilines is 1. The van der Waals surface area contributed by atoms with Gasteiger partial charge in [-0.15, -0.1) is 11.8 Å². The van der Waals surface area contributed by atoms with E-state index in [2.05, 4.69) is 12.2 Å². The average Bonchev–Trinajstić information content (AvgIpc) is 2.62. The summed E-state index contributed by atoms with van der Waals surface area (Å²) in [5.41, 5.74) is 4.02. The highest BCUT2D eigenvalue weighted by Crippen LogP contribution is 2.33. The number of hydrogen-bond donors (Lipinski definition) is 1. The monoisotopic (exact) mass is 377 g/mol. The summed E-state index contributed by atoms with van der Waals surface area (Å²) in [7, 11) is 0. The molecule has 1 aliphatic heterocycles. The van der Waals surface area contributed by atoms with Gasteiger partial charge in [0.1, 0.15) is 5.75 Å². The summed E-state index contributed by atoms with van der Waals surface area (Å²) in [5, 5.41) is 3.57. The summed E-state index contributed by atoms with van der Waals surface area (Å²) in [6, 6.07) is 11.7. The lowest BCUT2D eigenvalue weighted by molar-refractivity contribution is -0.113. The Morgan fingerprint density at radius 2 is 2.08 bits per heavy atom. The Labute approximate surface area is 156 Å². The average molecular weight is 378 g/mol. The van der Waals surface area contributed by atoms with E-state index in [1.165, 1.54) is 17.3 Å². The summed E-state index contributed by atoms with van der Waals surface area (Å²) >= 11 is 7.69. The van der Waals surface area contributed by atoms with Crippen LogP contribution >= 0.6 is 23.4 Å². The van der Waals surface area contributed by atoms with E-state index in [0.717, 1.165) is 29.0 Å². The van der Waals surface area contributed by atoms with Crippen LogP contribution in [0.3, 0.4) is 0 Å². The molecule has 0 aromatic heterocycles. The maximum Gasteiger partial charge on any atom is 0.234 e. The van der Waals surface area contributed by atoms with E-state index >= 15 is 0 Å². The zero-order valence-corrected chi connectivity index (χ0v) is 15.6. The number of hydrogen-bond acceptors (Lipinski definition) is 4. The number of rotatable bonds is 6. The molecule has 1 aliphatic rings. The van der Waals surface area contributed by atoms with Crippen molar-refractivity contribution < 1.29 is 14.3 Å². The van der Waals surface area contributed by atoms with E-state index in [1.807, 2.05) is 36.4 Å². The van der Waals surface area contributed by atoms with Crippen LogP contribution in [0.1, 0.15) is 23.6 Å². The molecular weight excluding hydrogens is 358 g/mol. The van der Waals surface area contributed by atoms with Crippen LogP contribution < -0.4 is 10.1 Å². The van der Waals surface area contributed by atoms with Gasteiger partial charge in [0.25, 0.3) is 0 Å². The number of ether oxygens (including phenoxy) is 2. The Hall–Kier alpha value is -1.69. The third-order valence-electron chi connectivity index (χ3n) is 3.89. The third-order valence-corrected chi connectivity index (χ3v) is 5.09. The third kappa shape index (κ3) is 4.91. The Bertz CT molecular complexity index is 749. The Morgan fingerprint density at radius 1 is 1.28 bits per heavy atom. The minimum absolute atomic E-state index is 0.0191. The van der Waals surface area contributed by atoms with Gasteiger partial charge in [0.2, 0.25) is 5.91 Å². The van der Waals surface area contributed by atoms with Crippen LogP contribution in [0.15, 0.2) is 36.4 Å². The molecule has 132 valence electrons. The molecule has 25 heavy (non-hydrogen) atoms. The van der Waals surface area contributed by atoms with Crippen LogP contribution in [0.5, 0.6) is 5.75 Å². The van der Waals surface area contributed by atoms with Crippen LogP contribution in [0.2, 0.25) is 5.02 Å². The molecular formula is C19H20ClNO3S. The summed E-state index contributed by atoms with van der Waals surface area (Å²) in [6.07, 6.45) is 0.987. The lowest BCUT2D eigenvalue weighted by Gasteiger charge is -2.21. The highest BCUT2D eigenvalue weighted by molar-refractivity contribution is 7.99. The van der Waals surface area contributed by atoms with E-state index in [9.17, 15) is 4.79 Å². The molecule has 0 aliphatic carbocycles. The zero-order chi connectivity index (χ0) is 17.6.